The van der Waals surface area contributed by atoms with Crippen LogP contribution in [0.2, 0.25) is 0 Å². The maximum Gasteiger partial charge on any atom is 0.0962 e. The highest BCUT2D eigenvalue weighted by atomic mass is 32.1. The van der Waals surface area contributed by atoms with E-state index in [0.29, 0.717) is 6.04 Å². The zero-order valence-corrected chi connectivity index (χ0v) is 11.4. The van der Waals surface area contributed by atoms with Crippen molar-refractivity contribution in [3.8, 4) is 0 Å². The normalized spacial score (nSPS) is 17.7. The number of aryl methyl sites for hydroxylation is 1. The van der Waals surface area contributed by atoms with Crippen molar-refractivity contribution >= 4 is 11.3 Å². The first-order valence-corrected chi connectivity index (χ1v) is 7.28. The van der Waals surface area contributed by atoms with Gasteiger partial charge >= 0.3 is 0 Å². The van der Waals surface area contributed by atoms with Crippen LogP contribution in [0.25, 0.3) is 0 Å². The molecule has 0 bridgehead atoms. The van der Waals surface area contributed by atoms with Crippen LogP contribution in [0.4, 0.5) is 0 Å². The maximum atomic E-state index is 4.77. The highest BCUT2D eigenvalue weighted by Gasteiger charge is 2.27. The Labute approximate surface area is 102 Å². The Bertz CT molecular complexity index is 342. The molecule has 0 amide bonds. The Morgan fingerprint density at radius 3 is 2.75 bits per heavy atom. The topological polar surface area (TPSA) is 24.9 Å². The molecule has 2 nitrogen and oxygen atoms in total. The van der Waals surface area contributed by atoms with Gasteiger partial charge in [0.25, 0.3) is 0 Å². The summed E-state index contributed by atoms with van der Waals surface area (Å²) >= 11 is 1.93. The van der Waals surface area contributed by atoms with Crippen molar-refractivity contribution in [2.24, 2.45) is 0 Å². The second-order valence-electron chi connectivity index (χ2n) is 4.74. The van der Waals surface area contributed by atoms with E-state index in [1.54, 1.807) is 0 Å². The Balaban J connectivity index is 2.00. The molecule has 1 aliphatic carbocycles. The van der Waals surface area contributed by atoms with Crippen molar-refractivity contribution in [2.75, 3.05) is 0 Å². The van der Waals surface area contributed by atoms with Gasteiger partial charge in [0.2, 0.25) is 0 Å². The molecule has 1 unspecified atom stereocenters. The molecule has 0 radical (unpaired) electrons. The summed E-state index contributed by atoms with van der Waals surface area (Å²) in [6.45, 7) is 7.68. The summed E-state index contributed by atoms with van der Waals surface area (Å²) < 4.78 is 0. The number of aromatic nitrogens is 1. The smallest absolute Gasteiger partial charge is 0.0962 e. The molecule has 0 aliphatic heterocycles. The summed E-state index contributed by atoms with van der Waals surface area (Å²) in [6, 6.07) is 0.608. The van der Waals surface area contributed by atoms with Crippen LogP contribution in [0, 0.1) is 0 Å². The SMILES string of the molecule is CCc1nc(C2CC2)sc1CNC(C)CC. The lowest BCUT2D eigenvalue weighted by Crippen LogP contribution is -2.24. The summed E-state index contributed by atoms with van der Waals surface area (Å²) in [5.74, 6) is 0.799. The fourth-order valence-corrected chi connectivity index (χ4v) is 3.01. The third kappa shape index (κ3) is 2.83. The summed E-state index contributed by atoms with van der Waals surface area (Å²) in [7, 11) is 0. The minimum Gasteiger partial charge on any atom is -0.309 e. The molecule has 0 aromatic carbocycles. The standard InChI is InChI=1S/C13H22N2S/c1-4-9(3)14-8-12-11(5-2)15-13(16-12)10-6-7-10/h9-10,14H,4-8H2,1-3H3. The van der Waals surface area contributed by atoms with Crippen LogP contribution in [-0.2, 0) is 13.0 Å². The Morgan fingerprint density at radius 1 is 1.44 bits per heavy atom. The van der Waals surface area contributed by atoms with Crippen LogP contribution in [-0.4, -0.2) is 11.0 Å². The van der Waals surface area contributed by atoms with E-state index in [-0.39, 0.29) is 0 Å². The summed E-state index contributed by atoms with van der Waals surface area (Å²) in [5.41, 5.74) is 1.32. The molecule has 1 aromatic rings. The van der Waals surface area contributed by atoms with E-state index >= 15 is 0 Å². The van der Waals surface area contributed by atoms with Gasteiger partial charge in [-0.15, -0.1) is 11.3 Å². The predicted molar refractivity (Wildman–Crippen MR) is 70.1 cm³/mol. The quantitative estimate of drug-likeness (QED) is 0.821. The summed E-state index contributed by atoms with van der Waals surface area (Å²) in [4.78, 5) is 6.24. The lowest BCUT2D eigenvalue weighted by atomic mass is 10.2. The van der Waals surface area contributed by atoms with E-state index in [1.165, 1.54) is 34.8 Å². The Hall–Kier alpha value is -0.410. The molecule has 1 aromatic heterocycles. The third-order valence-corrected chi connectivity index (χ3v) is 4.54. The molecule has 0 spiro atoms. The maximum absolute atomic E-state index is 4.77. The highest BCUT2D eigenvalue weighted by Crippen LogP contribution is 2.42. The summed E-state index contributed by atoms with van der Waals surface area (Å²) in [6.07, 6.45) is 4.97. The van der Waals surface area contributed by atoms with Gasteiger partial charge in [-0.3, -0.25) is 0 Å². The van der Waals surface area contributed by atoms with Crippen molar-refractivity contribution < 1.29 is 0 Å². The number of hydrogen-bond acceptors (Lipinski definition) is 3. The number of hydrogen-bond donors (Lipinski definition) is 1. The van der Waals surface area contributed by atoms with Gasteiger partial charge in [0.15, 0.2) is 0 Å². The summed E-state index contributed by atoms with van der Waals surface area (Å²) in [5, 5.41) is 4.95. The molecule has 16 heavy (non-hydrogen) atoms. The largest absolute Gasteiger partial charge is 0.309 e. The minimum absolute atomic E-state index is 0.608. The molecular formula is C13H22N2S. The van der Waals surface area contributed by atoms with Gasteiger partial charge in [-0.05, 0) is 32.6 Å². The van der Waals surface area contributed by atoms with Crippen molar-refractivity contribution in [3.05, 3.63) is 15.6 Å². The zero-order valence-electron chi connectivity index (χ0n) is 10.5. The molecule has 90 valence electrons. The first-order chi connectivity index (χ1) is 7.74. The van der Waals surface area contributed by atoms with E-state index in [2.05, 4.69) is 26.1 Å². The molecule has 1 aliphatic rings. The fraction of sp³-hybridized carbons (Fsp3) is 0.769. The van der Waals surface area contributed by atoms with Crippen LogP contribution in [0.15, 0.2) is 0 Å². The van der Waals surface area contributed by atoms with Crippen molar-refractivity contribution in [3.63, 3.8) is 0 Å². The lowest BCUT2D eigenvalue weighted by Gasteiger charge is -2.10. The van der Waals surface area contributed by atoms with Gasteiger partial charge in [-0.25, -0.2) is 4.98 Å². The van der Waals surface area contributed by atoms with Crippen LogP contribution in [0.1, 0.15) is 61.5 Å². The molecular weight excluding hydrogens is 216 g/mol. The number of rotatable bonds is 6. The molecule has 1 saturated carbocycles. The second kappa shape index (κ2) is 5.28. The van der Waals surface area contributed by atoms with Crippen molar-refractivity contribution in [1.29, 1.82) is 0 Å². The van der Waals surface area contributed by atoms with E-state index in [0.717, 1.165) is 18.9 Å². The lowest BCUT2D eigenvalue weighted by molar-refractivity contribution is 0.535. The van der Waals surface area contributed by atoms with E-state index in [4.69, 9.17) is 4.98 Å². The average Bonchev–Trinajstić information content (AvgIpc) is 3.07. The molecule has 0 saturated heterocycles. The first-order valence-electron chi connectivity index (χ1n) is 6.46. The third-order valence-electron chi connectivity index (χ3n) is 3.28. The van der Waals surface area contributed by atoms with Crippen LogP contribution < -0.4 is 5.32 Å². The zero-order chi connectivity index (χ0) is 11.5. The van der Waals surface area contributed by atoms with E-state index in [9.17, 15) is 0 Å². The van der Waals surface area contributed by atoms with Crippen LogP contribution in [0.5, 0.6) is 0 Å². The highest BCUT2D eigenvalue weighted by molar-refractivity contribution is 7.11. The van der Waals surface area contributed by atoms with Crippen molar-refractivity contribution in [1.82, 2.24) is 10.3 Å². The number of nitrogens with zero attached hydrogens (tertiary/aromatic N) is 1. The minimum atomic E-state index is 0.608. The van der Waals surface area contributed by atoms with Gasteiger partial charge in [-0.2, -0.15) is 0 Å². The molecule has 1 atom stereocenters. The Kier molecular flexibility index (Phi) is 3.98. The van der Waals surface area contributed by atoms with Gasteiger partial charge in [0.1, 0.15) is 0 Å². The first kappa shape index (κ1) is 12.1. The van der Waals surface area contributed by atoms with Gasteiger partial charge in [0, 0.05) is 23.4 Å². The van der Waals surface area contributed by atoms with E-state index in [1.807, 2.05) is 11.3 Å². The molecule has 3 heteroatoms. The van der Waals surface area contributed by atoms with Crippen molar-refractivity contribution in [2.45, 2.75) is 65.0 Å². The molecule has 2 rings (SSSR count). The number of nitrogens with one attached hydrogen (secondary N) is 1. The van der Waals surface area contributed by atoms with Gasteiger partial charge in [0.05, 0.1) is 10.7 Å². The van der Waals surface area contributed by atoms with Crippen LogP contribution >= 0.6 is 11.3 Å². The molecule has 1 heterocycles. The van der Waals surface area contributed by atoms with Gasteiger partial charge in [-0.1, -0.05) is 13.8 Å². The molecule has 1 N–H and O–H groups in total. The van der Waals surface area contributed by atoms with Crippen LogP contribution in [0.3, 0.4) is 0 Å². The average molecular weight is 238 g/mol. The second-order valence-corrected chi connectivity index (χ2v) is 5.86. The Morgan fingerprint density at radius 2 is 2.19 bits per heavy atom. The van der Waals surface area contributed by atoms with Gasteiger partial charge < -0.3 is 5.32 Å². The fourth-order valence-electron chi connectivity index (χ4n) is 1.73. The predicted octanol–water partition coefficient (Wildman–Crippen LogP) is 3.47. The number of thiazole rings is 1. The monoisotopic (exact) mass is 238 g/mol. The van der Waals surface area contributed by atoms with E-state index < -0.39 is 0 Å². The molecule has 1 fully saturated rings.